The summed E-state index contributed by atoms with van der Waals surface area (Å²) in [4.78, 5) is 0.290. The lowest BCUT2D eigenvalue weighted by Crippen LogP contribution is -2.45. The zero-order chi connectivity index (χ0) is 14.0. The van der Waals surface area contributed by atoms with Gasteiger partial charge in [-0.15, -0.1) is 0 Å². The van der Waals surface area contributed by atoms with Crippen molar-refractivity contribution in [1.82, 2.24) is 4.31 Å². The van der Waals surface area contributed by atoms with E-state index in [0.717, 1.165) is 10.9 Å². The van der Waals surface area contributed by atoms with E-state index < -0.39 is 10.0 Å². The Morgan fingerprint density at radius 3 is 2.84 bits per heavy atom. The molecule has 19 heavy (non-hydrogen) atoms. The van der Waals surface area contributed by atoms with E-state index in [1.54, 1.807) is 18.2 Å². The topological polar surface area (TPSA) is 46.6 Å². The van der Waals surface area contributed by atoms with Gasteiger partial charge in [0, 0.05) is 22.0 Å². The highest BCUT2D eigenvalue weighted by Crippen LogP contribution is 2.29. The minimum Gasteiger partial charge on any atom is -0.375 e. The monoisotopic (exact) mass is 411 g/mol. The van der Waals surface area contributed by atoms with Crippen LogP contribution in [0.15, 0.2) is 32.0 Å². The summed E-state index contributed by atoms with van der Waals surface area (Å²) in [7, 11) is -3.48. The molecule has 0 saturated carbocycles. The van der Waals surface area contributed by atoms with Gasteiger partial charge >= 0.3 is 0 Å². The molecule has 0 bridgehead atoms. The van der Waals surface area contributed by atoms with Gasteiger partial charge in [0.05, 0.1) is 17.6 Å². The maximum atomic E-state index is 12.6. The molecule has 7 heteroatoms. The number of benzene rings is 1. The van der Waals surface area contributed by atoms with Gasteiger partial charge in [-0.1, -0.05) is 22.9 Å². The van der Waals surface area contributed by atoms with Gasteiger partial charge in [0.1, 0.15) is 0 Å². The fraction of sp³-hybridized carbons (Fsp3) is 0.500. The third-order valence-corrected chi connectivity index (χ3v) is 6.42. The Morgan fingerprint density at radius 2 is 2.16 bits per heavy atom. The number of hydrogen-bond donors (Lipinski definition) is 0. The molecule has 1 atom stereocenters. The van der Waals surface area contributed by atoms with Crippen molar-refractivity contribution in [1.29, 1.82) is 0 Å². The second-order valence-electron chi connectivity index (χ2n) is 4.34. The molecular weight excluding hydrogens is 398 g/mol. The first kappa shape index (κ1) is 15.4. The van der Waals surface area contributed by atoms with Gasteiger partial charge in [0.2, 0.25) is 10.0 Å². The molecule has 1 aliphatic heterocycles. The van der Waals surface area contributed by atoms with Gasteiger partial charge in [-0.05, 0) is 40.5 Å². The zero-order valence-corrected chi connectivity index (χ0v) is 14.5. The van der Waals surface area contributed by atoms with E-state index in [9.17, 15) is 8.42 Å². The highest BCUT2D eigenvalue weighted by Gasteiger charge is 2.31. The highest BCUT2D eigenvalue weighted by molar-refractivity contribution is 9.11. The van der Waals surface area contributed by atoms with E-state index in [1.165, 1.54) is 4.31 Å². The molecule has 0 N–H and O–H groups in total. The summed E-state index contributed by atoms with van der Waals surface area (Å²) in [6.07, 6.45) is 0.792. The van der Waals surface area contributed by atoms with Crippen LogP contribution in [0.5, 0.6) is 0 Å². The molecule has 1 aliphatic rings. The van der Waals surface area contributed by atoms with Gasteiger partial charge < -0.3 is 4.74 Å². The average molecular weight is 413 g/mol. The molecule has 0 radical (unpaired) electrons. The van der Waals surface area contributed by atoms with Crippen molar-refractivity contribution in [2.45, 2.75) is 24.3 Å². The lowest BCUT2D eigenvalue weighted by Gasteiger charge is -2.31. The number of rotatable bonds is 3. The quantitative estimate of drug-likeness (QED) is 0.766. The van der Waals surface area contributed by atoms with Gasteiger partial charge in [-0.2, -0.15) is 4.31 Å². The van der Waals surface area contributed by atoms with Gasteiger partial charge in [-0.25, -0.2) is 8.42 Å². The lowest BCUT2D eigenvalue weighted by molar-refractivity contribution is -0.00279. The summed E-state index contributed by atoms with van der Waals surface area (Å²) in [5.74, 6) is 0. The summed E-state index contributed by atoms with van der Waals surface area (Å²) in [5.41, 5.74) is 0. The Morgan fingerprint density at radius 1 is 1.42 bits per heavy atom. The first-order valence-electron chi connectivity index (χ1n) is 6.02. The molecule has 1 aromatic carbocycles. The minimum atomic E-state index is -3.48. The SMILES string of the molecule is CC[C@@H]1CN(S(=O)(=O)c2cc(Br)ccc2Br)CCO1. The van der Waals surface area contributed by atoms with Crippen LogP contribution in [-0.2, 0) is 14.8 Å². The van der Waals surface area contributed by atoms with Crippen molar-refractivity contribution in [3.05, 3.63) is 27.1 Å². The average Bonchev–Trinajstić information content (AvgIpc) is 2.41. The number of ether oxygens (including phenoxy) is 1. The van der Waals surface area contributed by atoms with E-state index >= 15 is 0 Å². The van der Waals surface area contributed by atoms with Gasteiger partial charge in [0.15, 0.2) is 0 Å². The van der Waals surface area contributed by atoms with Crippen LogP contribution in [0, 0.1) is 0 Å². The molecule has 1 fully saturated rings. The third-order valence-electron chi connectivity index (χ3n) is 3.07. The number of halogens is 2. The molecule has 106 valence electrons. The van der Waals surface area contributed by atoms with Crippen molar-refractivity contribution < 1.29 is 13.2 Å². The van der Waals surface area contributed by atoms with Crippen LogP contribution in [-0.4, -0.2) is 38.5 Å². The van der Waals surface area contributed by atoms with E-state index in [2.05, 4.69) is 31.9 Å². The summed E-state index contributed by atoms with van der Waals surface area (Å²) in [5, 5.41) is 0. The summed E-state index contributed by atoms with van der Waals surface area (Å²) in [6.45, 7) is 3.26. The van der Waals surface area contributed by atoms with Crippen LogP contribution >= 0.6 is 31.9 Å². The largest absolute Gasteiger partial charge is 0.375 e. The lowest BCUT2D eigenvalue weighted by atomic mass is 10.2. The molecule has 1 saturated heterocycles. The normalized spacial score (nSPS) is 21.5. The molecule has 0 aliphatic carbocycles. The van der Waals surface area contributed by atoms with E-state index in [4.69, 9.17) is 4.74 Å². The fourth-order valence-electron chi connectivity index (χ4n) is 1.97. The van der Waals surface area contributed by atoms with Crippen LogP contribution in [0.4, 0.5) is 0 Å². The number of morpholine rings is 1. The Labute approximate surface area is 130 Å². The Kier molecular flexibility index (Phi) is 5.05. The molecule has 1 aromatic rings. The van der Waals surface area contributed by atoms with Gasteiger partial charge in [-0.3, -0.25) is 0 Å². The maximum Gasteiger partial charge on any atom is 0.244 e. The first-order valence-corrected chi connectivity index (χ1v) is 9.04. The maximum absolute atomic E-state index is 12.6. The van der Waals surface area contributed by atoms with Crippen molar-refractivity contribution in [3.8, 4) is 0 Å². The van der Waals surface area contributed by atoms with Crippen LogP contribution in [0.1, 0.15) is 13.3 Å². The standard InChI is InChI=1S/C12H15Br2NO3S/c1-2-10-8-15(5-6-18-10)19(16,17)12-7-9(13)3-4-11(12)14/h3-4,7,10H,2,5-6,8H2,1H3/t10-/m1/s1. The minimum absolute atomic E-state index is 0.0190. The molecule has 1 heterocycles. The Hall–Kier alpha value is 0.0500. The van der Waals surface area contributed by atoms with Crippen LogP contribution < -0.4 is 0 Å². The second kappa shape index (κ2) is 6.22. The summed E-state index contributed by atoms with van der Waals surface area (Å²) < 4.78 is 33.6. The number of nitrogens with zero attached hydrogens (tertiary/aromatic N) is 1. The predicted octanol–water partition coefficient (Wildman–Crippen LogP) is 3.01. The summed E-state index contributed by atoms with van der Waals surface area (Å²) in [6, 6.07) is 5.15. The van der Waals surface area contributed by atoms with Crippen molar-refractivity contribution in [3.63, 3.8) is 0 Å². The molecule has 4 nitrogen and oxygen atoms in total. The van der Waals surface area contributed by atoms with E-state index in [1.807, 2.05) is 6.92 Å². The van der Waals surface area contributed by atoms with Crippen LogP contribution in [0.25, 0.3) is 0 Å². The summed E-state index contributed by atoms with van der Waals surface area (Å²) >= 11 is 6.62. The fourth-order valence-corrected chi connectivity index (χ4v) is 4.89. The smallest absolute Gasteiger partial charge is 0.244 e. The van der Waals surface area contributed by atoms with E-state index in [0.29, 0.717) is 29.1 Å². The Balaban J connectivity index is 2.34. The molecule has 0 aromatic heterocycles. The highest BCUT2D eigenvalue weighted by atomic mass is 79.9. The predicted molar refractivity (Wildman–Crippen MR) is 80.6 cm³/mol. The molecule has 0 amide bonds. The zero-order valence-electron chi connectivity index (χ0n) is 10.5. The molecule has 2 rings (SSSR count). The Bertz CT molecular complexity index is 562. The van der Waals surface area contributed by atoms with E-state index in [-0.39, 0.29) is 6.10 Å². The van der Waals surface area contributed by atoms with Crippen molar-refractivity contribution in [2.75, 3.05) is 19.7 Å². The molecule has 0 unspecified atom stereocenters. The molecular formula is C12H15Br2NO3S. The first-order chi connectivity index (χ1) is 8.95. The second-order valence-corrected chi connectivity index (χ2v) is 8.02. The number of hydrogen-bond acceptors (Lipinski definition) is 3. The van der Waals surface area contributed by atoms with Crippen LogP contribution in [0.3, 0.4) is 0 Å². The third kappa shape index (κ3) is 3.39. The van der Waals surface area contributed by atoms with Crippen molar-refractivity contribution >= 4 is 41.9 Å². The van der Waals surface area contributed by atoms with Crippen LogP contribution in [0.2, 0.25) is 0 Å². The molecule has 0 spiro atoms. The number of sulfonamides is 1. The van der Waals surface area contributed by atoms with Crippen molar-refractivity contribution in [2.24, 2.45) is 0 Å². The van der Waals surface area contributed by atoms with Gasteiger partial charge in [0.25, 0.3) is 0 Å².